The zero-order valence-electron chi connectivity index (χ0n) is 20.5. The van der Waals surface area contributed by atoms with E-state index in [-0.39, 0.29) is 34.0 Å². The summed E-state index contributed by atoms with van der Waals surface area (Å²) in [5.41, 5.74) is 8.08. The van der Waals surface area contributed by atoms with E-state index in [0.717, 1.165) is 18.4 Å². The Balaban J connectivity index is 1.47. The van der Waals surface area contributed by atoms with Crippen LogP contribution in [0.3, 0.4) is 0 Å². The number of nitriles is 1. The van der Waals surface area contributed by atoms with E-state index in [2.05, 4.69) is 31.4 Å². The van der Waals surface area contributed by atoms with Gasteiger partial charge in [-0.3, -0.25) is 18.3 Å². The van der Waals surface area contributed by atoms with E-state index in [1.54, 1.807) is 35.3 Å². The van der Waals surface area contributed by atoms with Gasteiger partial charge in [-0.1, -0.05) is 11.6 Å². The van der Waals surface area contributed by atoms with Crippen molar-refractivity contribution >= 4 is 50.9 Å². The Bertz CT molecular complexity index is 1620. The highest BCUT2D eigenvalue weighted by Crippen LogP contribution is 2.50. The maximum atomic E-state index is 13.6. The van der Waals surface area contributed by atoms with Crippen molar-refractivity contribution in [2.75, 3.05) is 29.5 Å². The lowest BCUT2D eigenvalue weighted by Crippen LogP contribution is -2.45. The van der Waals surface area contributed by atoms with Crippen molar-refractivity contribution in [2.24, 2.45) is 5.92 Å². The quantitative estimate of drug-likeness (QED) is 0.288. The molecule has 4 aromatic rings. The number of aromatic nitrogens is 5. The SMILES string of the molecule is CC1CN(c2c(C(NC(=O)c3c(N)nn4cccnc34)C3CC3)cc(Cl)c3c(C#N)ncn23)CCS1(O)O. The summed E-state index contributed by atoms with van der Waals surface area (Å²) in [6.45, 7) is 2.57. The van der Waals surface area contributed by atoms with E-state index in [9.17, 15) is 19.2 Å². The first-order valence-corrected chi connectivity index (χ1v) is 14.3. The number of imidazole rings is 1. The molecule has 6 rings (SSSR count). The molecule has 12 nitrogen and oxygen atoms in total. The van der Waals surface area contributed by atoms with E-state index in [1.165, 1.54) is 4.52 Å². The molecule has 38 heavy (non-hydrogen) atoms. The van der Waals surface area contributed by atoms with Gasteiger partial charge in [-0.25, -0.2) is 14.5 Å². The first-order chi connectivity index (χ1) is 18.2. The third kappa shape index (κ3) is 4.01. The highest BCUT2D eigenvalue weighted by atomic mass is 35.5. The Morgan fingerprint density at radius 3 is 2.87 bits per heavy atom. The number of rotatable bonds is 5. The molecule has 0 bridgehead atoms. The van der Waals surface area contributed by atoms with Gasteiger partial charge < -0.3 is 16.0 Å². The van der Waals surface area contributed by atoms with Crippen LogP contribution in [-0.4, -0.2) is 63.1 Å². The fraction of sp³-hybridized carbons (Fsp3) is 0.375. The molecule has 0 aromatic carbocycles. The van der Waals surface area contributed by atoms with E-state index < -0.39 is 22.5 Å². The van der Waals surface area contributed by atoms with Crippen molar-refractivity contribution in [2.45, 2.75) is 31.1 Å². The molecule has 1 saturated heterocycles. The Hall–Kier alpha value is -3.57. The highest BCUT2D eigenvalue weighted by molar-refractivity contribution is 8.24. The maximum absolute atomic E-state index is 13.6. The van der Waals surface area contributed by atoms with E-state index in [0.29, 0.717) is 35.1 Å². The number of hydrogen-bond donors (Lipinski definition) is 4. The van der Waals surface area contributed by atoms with Crippen LogP contribution in [0.5, 0.6) is 0 Å². The van der Waals surface area contributed by atoms with Crippen molar-refractivity contribution in [3.8, 4) is 6.07 Å². The predicted molar refractivity (Wildman–Crippen MR) is 145 cm³/mol. The molecule has 4 aromatic heterocycles. The fourth-order valence-corrected chi connectivity index (χ4v) is 6.77. The number of carbonyl (C=O) groups excluding carboxylic acids is 1. The molecule has 198 valence electrons. The van der Waals surface area contributed by atoms with Gasteiger partial charge in [0.1, 0.15) is 29.3 Å². The van der Waals surface area contributed by atoms with Gasteiger partial charge >= 0.3 is 0 Å². The Labute approximate surface area is 224 Å². The Morgan fingerprint density at radius 1 is 1.37 bits per heavy atom. The Kier molecular flexibility index (Phi) is 5.88. The molecule has 0 spiro atoms. The van der Waals surface area contributed by atoms with Gasteiger partial charge in [0.05, 0.1) is 22.1 Å². The molecule has 2 unspecified atom stereocenters. The van der Waals surface area contributed by atoms with Crippen LogP contribution in [0.25, 0.3) is 11.2 Å². The molecule has 1 amide bonds. The molecule has 1 aliphatic heterocycles. The molecule has 0 radical (unpaired) electrons. The van der Waals surface area contributed by atoms with Crippen LogP contribution in [0.15, 0.2) is 30.9 Å². The van der Waals surface area contributed by atoms with Gasteiger partial charge in [0.2, 0.25) is 0 Å². The number of nitrogen functional groups attached to an aromatic ring is 1. The van der Waals surface area contributed by atoms with Crippen molar-refractivity contribution in [3.63, 3.8) is 0 Å². The summed E-state index contributed by atoms with van der Waals surface area (Å²) in [4.78, 5) is 24.2. The second-order valence-electron chi connectivity index (χ2n) is 9.81. The fourth-order valence-electron chi connectivity index (χ4n) is 5.16. The van der Waals surface area contributed by atoms with Gasteiger partial charge in [0.15, 0.2) is 17.2 Å². The molecular weight excluding hydrogens is 530 g/mol. The molecule has 1 aliphatic carbocycles. The number of hydrogen-bond acceptors (Lipinski definition) is 9. The number of nitrogens with one attached hydrogen (secondary N) is 1. The van der Waals surface area contributed by atoms with Crippen LogP contribution in [0.1, 0.15) is 47.4 Å². The lowest BCUT2D eigenvalue weighted by molar-refractivity contribution is 0.0934. The zero-order valence-corrected chi connectivity index (χ0v) is 22.0. The van der Waals surface area contributed by atoms with Gasteiger partial charge in [-0.2, -0.15) is 15.9 Å². The summed E-state index contributed by atoms with van der Waals surface area (Å²) >= 11 is 6.72. The second kappa shape index (κ2) is 9.02. The monoisotopic (exact) mass is 555 g/mol. The van der Waals surface area contributed by atoms with Crippen LogP contribution < -0.4 is 16.0 Å². The molecule has 5 N–H and O–H groups in total. The molecule has 2 atom stereocenters. The van der Waals surface area contributed by atoms with Gasteiger partial charge in [-0.15, -0.1) is 5.10 Å². The summed E-state index contributed by atoms with van der Waals surface area (Å²) in [6.07, 6.45) is 6.62. The van der Waals surface area contributed by atoms with Crippen molar-refractivity contribution < 1.29 is 13.9 Å². The largest absolute Gasteiger partial charge is 0.381 e. The first-order valence-electron chi connectivity index (χ1n) is 12.2. The lowest BCUT2D eigenvalue weighted by atomic mass is 10.0. The highest BCUT2D eigenvalue weighted by Gasteiger charge is 2.39. The topological polar surface area (TPSA) is 170 Å². The summed E-state index contributed by atoms with van der Waals surface area (Å²) in [5.74, 6) is 0.752. The molecule has 2 fully saturated rings. The van der Waals surface area contributed by atoms with E-state index in [1.807, 2.05) is 6.92 Å². The molecule has 14 heteroatoms. The first kappa shape index (κ1) is 24.7. The number of nitrogens with zero attached hydrogens (tertiary/aromatic N) is 7. The van der Waals surface area contributed by atoms with E-state index in [4.69, 9.17) is 17.3 Å². The van der Waals surface area contributed by atoms with Crippen LogP contribution in [-0.2, 0) is 0 Å². The van der Waals surface area contributed by atoms with Crippen molar-refractivity contribution in [3.05, 3.63) is 52.7 Å². The summed E-state index contributed by atoms with van der Waals surface area (Å²) < 4.78 is 24.2. The predicted octanol–water partition coefficient (Wildman–Crippen LogP) is 3.32. The zero-order chi connectivity index (χ0) is 26.8. The second-order valence-corrected chi connectivity index (χ2v) is 12.9. The number of anilines is 2. The van der Waals surface area contributed by atoms with Crippen molar-refractivity contribution in [1.82, 2.24) is 29.3 Å². The van der Waals surface area contributed by atoms with Crippen LogP contribution in [0.4, 0.5) is 11.6 Å². The molecular formula is C24H26ClN9O3S. The molecule has 5 heterocycles. The van der Waals surface area contributed by atoms with Crippen molar-refractivity contribution in [1.29, 1.82) is 5.26 Å². The summed E-state index contributed by atoms with van der Waals surface area (Å²) in [5, 5.41) is 17.0. The summed E-state index contributed by atoms with van der Waals surface area (Å²) in [6, 6.07) is 5.15. The van der Waals surface area contributed by atoms with Crippen LogP contribution in [0.2, 0.25) is 5.02 Å². The van der Waals surface area contributed by atoms with Gasteiger partial charge in [0, 0.05) is 31.0 Å². The normalized spacial score (nSPS) is 20.8. The minimum Gasteiger partial charge on any atom is -0.381 e. The van der Waals surface area contributed by atoms with Crippen LogP contribution >= 0.6 is 22.2 Å². The Morgan fingerprint density at radius 2 is 2.16 bits per heavy atom. The third-order valence-electron chi connectivity index (χ3n) is 7.32. The number of halogens is 1. The lowest BCUT2D eigenvalue weighted by Gasteiger charge is -2.47. The third-order valence-corrected chi connectivity index (χ3v) is 9.83. The molecule has 2 aliphatic rings. The van der Waals surface area contributed by atoms with Crippen LogP contribution in [0, 0.1) is 17.2 Å². The average Bonchev–Trinajstić information content (AvgIpc) is 3.53. The maximum Gasteiger partial charge on any atom is 0.259 e. The average molecular weight is 556 g/mol. The summed E-state index contributed by atoms with van der Waals surface area (Å²) in [7, 11) is -2.72. The number of fused-ring (bicyclic) bond motifs is 2. The van der Waals surface area contributed by atoms with Gasteiger partial charge in [0.25, 0.3) is 5.91 Å². The minimum atomic E-state index is -2.72. The smallest absolute Gasteiger partial charge is 0.259 e. The number of amides is 1. The van der Waals surface area contributed by atoms with E-state index >= 15 is 0 Å². The van der Waals surface area contributed by atoms with Gasteiger partial charge in [-0.05, 0) is 37.8 Å². The number of pyridine rings is 1. The standard InChI is InChI=1S/C24H26ClN9O3S/c1-13-11-32(7-8-38(13,36)37)24-15(9-16(25)20-17(10-26)29-12-33(20)24)19(14-3-4-14)30-23(35)18-21(27)31-34-6-2-5-28-22(18)34/h2,5-6,9,12-14,19,36-37H,3-4,7-8,11H2,1H3,(H2,27,31)(H,30,35). The molecule has 1 saturated carbocycles. The number of carbonyl (C=O) groups is 1. The number of nitrogens with two attached hydrogens (primary N) is 1. The minimum absolute atomic E-state index is 0.0767.